The zero-order valence-corrected chi connectivity index (χ0v) is 76.8. The summed E-state index contributed by atoms with van der Waals surface area (Å²) in [6.45, 7) is 0. The zero-order chi connectivity index (χ0) is 91.3. The molecule has 29 aromatic rings. The van der Waals surface area contributed by atoms with Gasteiger partial charge in [0.15, 0.2) is 5.58 Å². The summed E-state index contributed by atoms with van der Waals surface area (Å²) in [4.78, 5) is 14.9. The SMILES string of the molecule is c1ccc(-c2nc3ccc4ccc5ccc(-c6ccc(-c7ccc8c9c(cccc79)-c7ccccc7-8)cc6)cc5c4c3s2)cc1.c1ccc(-c2nc3ccc4ccc5ccc(-c6ccc(-c7ccc8c9ccccc9c9ccccc9c8c7)cc6)cc5c4c3o2)cc1.c1ccc(-c2nc3ccc4ccc5ccc(-c6ccc(-c7ccc8c9ccccc9c9ccccc9c8c7)cc6)cc5c4c3s2)cc1. The van der Waals surface area contributed by atoms with E-state index in [1.54, 1.807) is 22.7 Å². The minimum Gasteiger partial charge on any atom is -0.435 e. The van der Waals surface area contributed by atoms with E-state index < -0.39 is 0 Å². The van der Waals surface area contributed by atoms with Gasteiger partial charge in [0.25, 0.3) is 0 Å². The molecule has 3 heterocycles. The fourth-order valence-electron chi connectivity index (χ4n) is 22.0. The third kappa shape index (κ3) is 13.5. The van der Waals surface area contributed by atoms with Crippen molar-refractivity contribution in [3.63, 3.8) is 0 Å². The normalized spacial score (nSPS) is 11.9. The molecular formula is C133H79N3OS2. The van der Waals surface area contributed by atoms with Crippen molar-refractivity contribution in [3.05, 3.63) is 479 Å². The van der Waals surface area contributed by atoms with Crippen LogP contribution < -0.4 is 0 Å². The van der Waals surface area contributed by atoms with E-state index in [2.05, 4.69) is 449 Å². The molecular weight excluding hydrogens is 1720 g/mol. The lowest BCUT2D eigenvalue weighted by molar-refractivity contribution is 0.623. The van der Waals surface area contributed by atoms with Gasteiger partial charge in [-0.15, -0.1) is 22.7 Å². The number of fused-ring (bicyclic) bond motifs is 30. The van der Waals surface area contributed by atoms with Gasteiger partial charge in [-0.2, -0.15) is 0 Å². The number of nitrogens with zero attached hydrogens (tertiary/aromatic N) is 3. The van der Waals surface area contributed by atoms with Gasteiger partial charge in [0.2, 0.25) is 5.89 Å². The summed E-state index contributed by atoms with van der Waals surface area (Å²) in [5, 5.41) is 35.1. The standard InChI is InChI=1S/C45H27NO.C45H27NS.C43H25NS/c2*1-2-8-32(9-3-1)45-46-42-25-23-31-20-18-30-19-21-33(26-40(30)43(31)44(42)47-45)28-14-16-29(17-15-28)34-22-24-39-37-12-5-4-10-35(37)36-11-6-7-13-38(36)41(39)27-34;1-2-7-30(8-3-1)43-44-39-24-21-29-19-17-28-18-20-31(25-38(28)40(29)42(39)45-43)26-13-15-27(16-14-26)32-22-23-37-34-10-5-4-9-33(34)36-12-6-11-35(32)41(36)37/h2*1-27H;1-25H. The van der Waals surface area contributed by atoms with E-state index in [-0.39, 0.29) is 0 Å². The molecule has 6 heteroatoms. The van der Waals surface area contributed by atoms with Gasteiger partial charge in [0, 0.05) is 32.8 Å². The first-order chi connectivity index (χ1) is 68.9. The van der Waals surface area contributed by atoms with Crippen LogP contribution in [-0.4, -0.2) is 15.0 Å². The van der Waals surface area contributed by atoms with Crippen LogP contribution in [0, 0.1) is 0 Å². The Hall–Kier alpha value is -17.7. The Kier molecular flexibility index (Phi) is 18.7. The fraction of sp³-hybridized carbons (Fsp3) is 0. The van der Waals surface area contributed by atoms with Gasteiger partial charge in [-0.1, -0.05) is 419 Å². The number of oxazole rings is 1. The van der Waals surface area contributed by atoms with Gasteiger partial charge in [-0.25, -0.2) is 15.0 Å². The van der Waals surface area contributed by atoms with E-state index in [4.69, 9.17) is 19.4 Å². The molecule has 4 nitrogen and oxygen atoms in total. The minimum atomic E-state index is 0.645. The zero-order valence-electron chi connectivity index (χ0n) is 75.2. The smallest absolute Gasteiger partial charge is 0.227 e. The molecule has 0 aliphatic heterocycles. The predicted octanol–water partition coefficient (Wildman–Crippen LogP) is 38.1. The molecule has 3 aromatic heterocycles. The summed E-state index contributed by atoms with van der Waals surface area (Å²) in [5.41, 5.74) is 27.1. The van der Waals surface area contributed by atoms with Crippen LogP contribution in [0.25, 0.3) is 293 Å². The molecule has 0 radical (unpaired) electrons. The third-order valence-electron chi connectivity index (χ3n) is 28.8. The van der Waals surface area contributed by atoms with Crippen molar-refractivity contribution in [2.75, 3.05) is 0 Å². The first kappa shape index (κ1) is 79.9. The Bertz CT molecular complexity index is 9630. The molecule has 0 amide bonds. The quantitative estimate of drug-likeness (QED) is 0.135. The fourth-order valence-corrected chi connectivity index (χ4v) is 24.3. The summed E-state index contributed by atoms with van der Waals surface area (Å²) >= 11 is 3.57. The lowest BCUT2D eigenvalue weighted by Crippen LogP contribution is -1.86. The highest BCUT2D eigenvalue weighted by Gasteiger charge is 2.25. The van der Waals surface area contributed by atoms with Crippen LogP contribution in [0.15, 0.2) is 484 Å². The molecule has 0 bridgehead atoms. The Labute approximate surface area is 808 Å². The highest BCUT2D eigenvalue weighted by Crippen LogP contribution is 2.52. The van der Waals surface area contributed by atoms with Crippen LogP contribution in [-0.2, 0) is 0 Å². The Morgan fingerprint density at radius 2 is 0.432 bits per heavy atom. The van der Waals surface area contributed by atoms with Crippen molar-refractivity contribution >= 4 is 194 Å². The first-order valence-corrected chi connectivity index (χ1v) is 49.1. The summed E-state index contributed by atoms with van der Waals surface area (Å²) in [7, 11) is 0. The number of aromatic nitrogens is 3. The molecule has 26 aromatic carbocycles. The maximum absolute atomic E-state index is 6.46. The van der Waals surface area contributed by atoms with Gasteiger partial charge < -0.3 is 4.42 Å². The number of hydrogen-bond donors (Lipinski definition) is 0. The maximum Gasteiger partial charge on any atom is 0.227 e. The highest BCUT2D eigenvalue weighted by atomic mass is 32.1. The number of benzene rings is 26. The molecule has 1 aliphatic rings. The van der Waals surface area contributed by atoms with E-state index in [1.165, 1.54) is 228 Å². The molecule has 0 spiro atoms. The number of thiazole rings is 2. The van der Waals surface area contributed by atoms with Crippen LogP contribution in [0.1, 0.15) is 0 Å². The van der Waals surface area contributed by atoms with Crippen molar-refractivity contribution in [3.8, 4) is 122 Å². The lowest BCUT2D eigenvalue weighted by atomic mass is 9.91. The molecule has 644 valence electrons. The Morgan fingerprint density at radius 3 is 0.849 bits per heavy atom. The van der Waals surface area contributed by atoms with Gasteiger partial charge in [-0.05, 0) is 274 Å². The predicted molar refractivity (Wildman–Crippen MR) is 594 cm³/mol. The average Bonchev–Trinajstić information content (AvgIpc) is 1.46. The third-order valence-corrected chi connectivity index (χ3v) is 31.1. The van der Waals surface area contributed by atoms with Crippen molar-refractivity contribution in [1.29, 1.82) is 0 Å². The molecule has 1 aliphatic carbocycles. The van der Waals surface area contributed by atoms with E-state index in [1.807, 2.05) is 30.3 Å². The second kappa shape index (κ2) is 32.6. The number of rotatable bonds is 9. The molecule has 0 saturated heterocycles. The Morgan fingerprint density at radius 1 is 0.151 bits per heavy atom. The van der Waals surface area contributed by atoms with Gasteiger partial charge in [-0.3, -0.25) is 0 Å². The van der Waals surface area contributed by atoms with Crippen molar-refractivity contribution < 1.29 is 4.42 Å². The topological polar surface area (TPSA) is 51.8 Å². The number of hydrogen-bond acceptors (Lipinski definition) is 6. The van der Waals surface area contributed by atoms with E-state index in [9.17, 15) is 0 Å². The van der Waals surface area contributed by atoms with E-state index >= 15 is 0 Å². The van der Waals surface area contributed by atoms with Gasteiger partial charge in [0.05, 0.1) is 20.4 Å². The summed E-state index contributed by atoms with van der Waals surface area (Å²) in [6.07, 6.45) is 0. The lowest BCUT2D eigenvalue weighted by Gasteiger charge is -2.12. The van der Waals surface area contributed by atoms with Crippen LogP contribution in [0.5, 0.6) is 0 Å². The van der Waals surface area contributed by atoms with Crippen molar-refractivity contribution in [2.24, 2.45) is 0 Å². The van der Waals surface area contributed by atoms with E-state index in [0.29, 0.717) is 5.89 Å². The summed E-state index contributed by atoms with van der Waals surface area (Å²) in [6, 6.07) is 174. The summed E-state index contributed by atoms with van der Waals surface area (Å²) in [5.74, 6) is 0.645. The molecule has 139 heavy (non-hydrogen) atoms. The Balaban J connectivity index is 0.000000103. The molecule has 0 fully saturated rings. The highest BCUT2D eigenvalue weighted by molar-refractivity contribution is 7.23. The van der Waals surface area contributed by atoms with Crippen LogP contribution >= 0.6 is 22.7 Å². The largest absolute Gasteiger partial charge is 0.435 e. The van der Waals surface area contributed by atoms with Gasteiger partial charge >= 0.3 is 0 Å². The van der Waals surface area contributed by atoms with Crippen LogP contribution in [0.2, 0.25) is 0 Å². The second-order valence-electron chi connectivity index (χ2n) is 36.6. The minimum absolute atomic E-state index is 0.645. The van der Waals surface area contributed by atoms with Crippen LogP contribution in [0.4, 0.5) is 0 Å². The molecule has 0 unspecified atom stereocenters. The second-order valence-corrected chi connectivity index (χ2v) is 38.6. The van der Waals surface area contributed by atoms with Crippen molar-refractivity contribution in [2.45, 2.75) is 0 Å². The molecule has 0 atom stereocenters. The maximum atomic E-state index is 6.46. The van der Waals surface area contributed by atoms with Crippen LogP contribution in [0.3, 0.4) is 0 Å². The van der Waals surface area contributed by atoms with E-state index in [0.717, 1.165) is 59.6 Å². The van der Waals surface area contributed by atoms with Gasteiger partial charge in [0.1, 0.15) is 15.5 Å². The average molecular weight is 1800 g/mol. The molecule has 30 rings (SSSR count). The molecule has 0 N–H and O–H groups in total. The summed E-state index contributed by atoms with van der Waals surface area (Å²) < 4.78 is 8.95. The van der Waals surface area contributed by atoms with Crippen molar-refractivity contribution in [1.82, 2.24) is 15.0 Å². The first-order valence-electron chi connectivity index (χ1n) is 47.5. The monoisotopic (exact) mass is 1800 g/mol. The molecule has 0 saturated carbocycles.